The van der Waals surface area contributed by atoms with Crippen molar-refractivity contribution in [1.29, 1.82) is 0 Å². The fraction of sp³-hybridized carbons (Fsp3) is 0.408. The van der Waals surface area contributed by atoms with E-state index in [-0.39, 0.29) is 43.9 Å². The molecule has 7 aromatic rings. The van der Waals surface area contributed by atoms with Crippen molar-refractivity contribution in [3.8, 4) is 0 Å². The van der Waals surface area contributed by atoms with Crippen LogP contribution in [0.5, 0.6) is 0 Å². The van der Waals surface area contributed by atoms with Gasteiger partial charge in [-0.3, -0.25) is 0 Å². The number of benzene rings is 7. The molecule has 12 rings (SSSR count). The molecule has 7 aromatic carbocycles. The standard InChI is InChI=1S/C71H78O11/c1-69(2)57-39-40-70(69,3)71(41-57)81-65-63(77-47-55-35-21-9-22-36-55)61(75-45-53-31-17-7-18-32-53)62(76-46-54-33-19-8-20-34-54)64(66(65)82-71)80-68-67(78-48-56-37-23-10-24-38-56)60(74-44-52-29-15-6-16-30-52)59(73-43-51-27-13-5-14-28-51)58(79-68)49-72-42-50-25-11-4-12-26-50/h4-38,57-68H,39-49H2,1-3H3/t57-,58+,59+,60-,61-,62-,63+,64+,65+,66-,67-,68+,70-,71?/m0/s1. The minimum absolute atomic E-state index is 0.0719. The highest BCUT2D eigenvalue weighted by molar-refractivity contribution is 5.23. The van der Waals surface area contributed by atoms with Crippen LogP contribution >= 0.6 is 0 Å². The van der Waals surface area contributed by atoms with E-state index in [0.29, 0.717) is 25.7 Å². The van der Waals surface area contributed by atoms with Gasteiger partial charge in [0.25, 0.3) is 0 Å². The van der Waals surface area contributed by atoms with Crippen LogP contribution in [0.15, 0.2) is 212 Å². The Morgan fingerprint density at radius 1 is 0.378 bits per heavy atom. The summed E-state index contributed by atoms with van der Waals surface area (Å²) in [6, 6.07) is 71.5. The number of hydrogen-bond acceptors (Lipinski definition) is 11. The number of fused-ring (bicyclic) bond motifs is 4. The third-order valence-corrected chi connectivity index (χ3v) is 18.4. The molecule has 5 fully saturated rings. The van der Waals surface area contributed by atoms with Crippen LogP contribution < -0.4 is 0 Å². The van der Waals surface area contributed by atoms with Crippen LogP contribution in [0.1, 0.15) is 79.0 Å². The first-order chi connectivity index (χ1) is 40.2. The Morgan fingerprint density at radius 2 is 0.707 bits per heavy atom. The predicted molar refractivity (Wildman–Crippen MR) is 311 cm³/mol. The van der Waals surface area contributed by atoms with E-state index in [0.717, 1.165) is 58.2 Å². The smallest absolute Gasteiger partial charge is 0.187 e. The van der Waals surface area contributed by atoms with Gasteiger partial charge in [-0.2, -0.15) is 0 Å². The molecule has 0 amide bonds. The molecule has 2 aliphatic heterocycles. The molecule has 11 nitrogen and oxygen atoms in total. The van der Waals surface area contributed by atoms with Crippen molar-refractivity contribution in [2.75, 3.05) is 6.61 Å². The minimum Gasteiger partial charge on any atom is -0.374 e. The monoisotopic (exact) mass is 1110 g/mol. The Labute approximate surface area is 484 Å². The summed E-state index contributed by atoms with van der Waals surface area (Å²) < 4.78 is 81.2. The lowest BCUT2D eigenvalue weighted by Crippen LogP contribution is -2.68. The first-order valence-electron chi connectivity index (χ1n) is 29.4. The Morgan fingerprint density at radius 3 is 1.09 bits per heavy atom. The van der Waals surface area contributed by atoms with E-state index in [1.807, 2.05) is 127 Å². The first-order valence-corrected chi connectivity index (χ1v) is 29.4. The van der Waals surface area contributed by atoms with Crippen LogP contribution in [0, 0.1) is 16.7 Å². The van der Waals surface area contributed by atoms with Gasteiger partial charge in [-0.25, -0.2) is 0 Å². The van der Waals surface area contributed by atoms with Crippen molar-refractivity contribution >= 4 is 0 Å². The normalized spacial score (nSPS) is 30.8. The van der Waals surface area contributed by atoms with Gasteiger partial charge in [-0.1, -0.05) is 233 Å². The molecule has 3 saturated carbocycles. The fourth-order valence-corrected chi connectivity index (χ4v) is 13.4. The molecule has 0 N–H and O–H groups in total. The average molecular weight is 1110 g/mol. The van der Waals surface area contributed by atoms with E-state index in [1.165, 1.54) is 0 Å². The third-order valence-electron chi connectivity index (χ3n) is 18.4. The molecule has 2 saturated heterocycles. The lowest BCUT2D eigenvalue weighted by Gasteiger charge is -2.50. The maximum absolute atomic E-state index is 7.89. The molecular formula is C71H78O11. The average Bonchev–Trinajstić information content (AvgIpc) is 1.75. The largest absolute Gasteiger partial charge is 0.374 e. The van der Waals surface area contributed by atoms with E-state index >= 15 is 0 Å². The van der Waals surface area contributed by atoms with Crippen LogP contribution in [0.3, 0.4) is 0 Å². The molecule has 5 aliphatic rings. The van der Waals surface area contributed by atoms with Crippen LogP contribution in [-0.2, 0) is 98.4 Å². The van der Waals surface area contributed by atoms with Crippen LogP contribution in [0.4, 0.5) is 0 Å². The second-order valence-electron chi connectivity index (χ2n) is 23.6. The lowest BCUT2D eigenvalue weighted by atomic mass is 9.68. The highest BCUT2D eigenvalue weighted by Gasteiger charge is 2.76. The van der Waals surface area contributed by atoms with Crippen LogP contribution in [0.25, 0.3) is 0 Å². The van der Waals surface area contributed by atoms with Gasteiger partial charge in [0, 0.05) is 11.8 Å². The molecule has 14 atom stereocenters. The Kier molecular flexibility index (Phi) is 17.9. The van der Waals surface area contributed by atoms with Gasteiger partial charge in [-0.05, 0) is 63.1 Å². The Bertz CT molecular complexity index is 3030. The van der Waals surface area contributed by atoms with Crippen molar-refractivity contribution < 1.29 is 52.1 Å². The zero-order chi connectivity index (χ0) is 55.8. The molecular weight excluding hydrogens is 1030 g/mol. The summed E-state index contributed by atoms with van der Waals surface area (Å²) in [6.45, 7) is 9.31. The van der Waals surface area contributed by atoms with Gasteiger partial charge in [0.05, 0.1) is 52.9 Å². The summed E-state index contributed by atoms with van der Waals surface area (Å²) in [5.74, 6) is -0.564. The summed E-state index contributed by atoms with van der Waals surface area (Å²) in [6.07, 6.45) is -5.72. The number of ether oxygens (including phenoxy) is 11. The molecule has 3 aliphatic carbocycles. The van der Waals surface area contributed by atoms with Crippen LogP contribution in [-0.4, -0.2) is 79.7 Å². The van der Waals surface area contributed by atoms with E-state index < -0.39 is 73.1 Å². The van der Waals surface area contributed by atoms with Crippen molar-refractivity contribution in [1.82, 2.24) is 0 Å². The highest BCUT2D eigenvalue weighted by Crippen LogP contribution is 2.73. The second-order valence-corrected chi connectivity index (χ2v) is 23.6. The summed E-state index contributed by atoms with van der Waals surface area (Å²) in [5.41, 5.74) is 6.66. The van der Waals surface area contributed by atoms with E-state index in [1.54, 1.807) is 0 Å². The first kappa shape index (κ1) is 56.6. The Hall–Kier alpha value is -5.90. The van der Waals surface area contributed by atoms with E-state index in [9.17, 15) is 0 Å². The van der Waals surface area contributed by atoms with Gasteiger partial charge in [0.15, 0.2) is 12.1 Å². The minimum atomic E-state index is -1.09. The Balaban J connectivity index is 0.980. The van der Waals surface area contributed by atoms with Gasteiger partial charge in [0.2, 0.25) is 0 Å². The topological polar surface area (TPSA) is 102 Å². The number of hydrogen-bond donors (Lipinski definition) is 0. The molecule has 0 radical (unpaired) electrons. The van der Waals surface area contributed by atoms with Gasteiger partial charge < -0.3 is 52.1 Å². The van der Waals surface area contributed by atoms with Crippen LogP contribution in [0.2, 0.25) is 0 Å². The zero-order valence-corrected chi connectivity index (χ0v) is 47.4. The molecule has 2 heterocycles. The fourth-order valence-electron chi connectivity index (χ4n) is 13.4. The second kappa shape index (κ2) is 25.9. The summed E-state index contributed by atoms with van der Waals surface area (Å²) in [4.78, 5) is 0. The van der Waals surface area contributed by atoms with E-state index in [4.69, 9.17) is 52.1 Å². The number of rotatable bonds is 24. The van der Waals surface area contributed by atoms with Crippen molar-refractivity contribution in [2.45, 2.75) is 159 Å². The summed E-state index contributed by atoms with van der Waals surface area (Å²) in [5, 5.41) is 0. The summed E-state index contributed by atoms with van der Waals surface area (Å²) in [7, 11) is 0. The zero-order valence-electron chi connectivity index (χ0n) is 47.4. The third kappa shape index (κ3) is 12.3. The maximum Gasteiger partial charge on any atom is 0.187 e. The SMILES string of the molecule is CC1(C)[C@H]2CC[C@]1(C)C1(C2)O[C@@H]2[C@H](OCc3ccccc3)[C@@H](OCc3ccccc3)[C@H](OCc3ccccc3)[C@@H](O[C@H]3O[C@H](COCc4ccccc4)[C@@H](OCc4ccccc4)[C@H](OCc4ccccc4)[C@@H]3OCc3ccccc3)[C@@H]2O1. The van der Waals surface area contributed by atoms with Gasteiger partial charge in [0.1, 0.15) is 61.0 Å². The lowest BCUT2D eigenvalue weighted by molar-refractivity contribution is -0.358. The molecule has 11 heteroatoms. The van der Waals surface area contributed by atoms with Gasteiger partial charge in [-0.15, -0.1) is 0 Å². The molecule has 2 bridgehead atoms. The van der Waals surface area contributed by atoms with Crippen molar-refractivity contribution in [3.63, 3.8) is 0 Å². The van der Waals surface area contributed by atoms with Crippen molar-refractivity contribution in [2.24, 2.45) is 16.7 Å². The highest BCUT2D eigenvalue weighted by atomic mass is 16.8. The van der Waals surface area contributed by atoms with Gasteiger partial charge >= 0.3 is 0 Å². The molecule has 1 unspecified atom stereocenters. The molecule has 428 valence electrons. The predicted octanol–water partition coefficient (Wildman–Crippen LogP) is 13.2. The maximum atomic E-state index is 7.89. The molecule has 1 spiro atoms. The quantitative estimate of drug-likeness (QED) is 0.0578. The molecule has 0 aromatic heterocycles. The van der Waals surface area contributed by atoms with E-state index in [2.05, 4.69) is 106 Å². The summed E-state index contributed by atoms with van der Waals surface area (Å²) >= 11 is 0. The van der Waals surface area contributed by atoms with Crippen molar-refractivity contribution in [3.05, 3.63) is 251 Å². The molecule has 82 heavy (non-hydrogen) atoms.